The van der Waals surface area contributed by atoms with Crippen LogP contribution in [0.5, 0.6) is 11.5 Å². The number of fused-ring (bicyclic) bond motifs is 1. The molecule has 0 spiro atoms. The van der Waals surface area contributed by atoms with E-state index in [0.717, 1.165) is 5.56 Å². The lowest BCUT2D eigenvalue weighted by Gasteiger charge is -2.20. The zero-order chi connectivity index (χ0) is 22.0. The minimum atomic E-state index is -3.88. The van der Waals surface area contributed by atoms with Crippen LogP contribution in [0.4, 0.5) is 5.69 Å². The van der Waals surface area contributed by atoms with Crippen LogP contribution in [0.3, 0.4) is 0 Å². The Morgan fingerprint density at radius 3 is 2.52 bits per heavy atom. The minimum Gasteiger partial charge on any atom is -0.496 e. The molecule has 1 aliphatic rings. The third-order valence-corrected chi connectivity index (χ3v) is 6.83. The van der Waals surface area contributed by atoms with E-state index in [4.69, 9.17) is 14.7 Å². The Morgan fingerprint density at radius 1 is 1.06 bits per heavy atom. The fourth-order valence-electron chi connectivity index (χ4n) is 3.45. The second-order valence-corrected chi connectivity index (χ2v) is 8.71. The monoisotopic (exact) mass is 434 g/mol. The van der Waals surface area contributed by atoms with Crippen molar-refractivity contribution in [3.63, 3.8) is 0 Å². The number of anilines is 1. The number of para-hydroxylation sites is 1. The smallest absolute Gasteiger partial charge is 0.347 e. The van der Waals surface area contributed by atoms with E-state index in [2.05, 4.69) is 0 Å². The van der Waals surface area contributed by atoms with Crippen molar-refractivity contribution in [2.24, 2.45) is 0 Å². The third-order valence-electron chi connectivity index (χ3n) is 5.02. The van der Waals surface area contributed by atoms with Crippen LogP contribution < -0.4 is 13.8 Å². The molecule has 0 aliphatic carbocycles. The molecule has 3 aromatic rings. The van der Waals surface area contributed by atoms with Gasteiger partial charge < -0.3 is 9.47 Å². The molecule has 1 aliphatic heterocycles. The normalized spacial score (nSPS) is 12.7. The van der Waals surface area contributed by atoms with Crippen LogP contribution in [0.1, 0.15) is 21.5 Å². The van der Waals surface area contributed by atoms with Gasteiger partial charge >= 0.3 is 5.97 Å². The number of hydrogen-bond acceptors (Lipinski definition) is 6. The number of methoxy groups -OCH3 is 1. The first-order valence-corrected chi connectivity index (χ1v) is 10.9. The quantitative estimate of drug-likeness (QED) is 0.450. The van der Waals surface area contributed by atoms with E-state index in [1.165, 1.54) is 53.9 Å². The van der Waals surface area contributed by atoms with Crippen LogP contribution >= 0.6 is 0 Å². The number of rotatable bonds is 5. The van der Waals surface area contributed by atoms with E-state index in [1.54, 1.807) is 12.1 Å². The third kappa shape index (κ3) is 3.83. The fraction of sp³-hybridized carbons (Fsp3) is 0.130. The summed E-state index contributed by atoms with van der Waals surface area (Å²) in [4.78, 5) is 12.7. The Balaban J connectivity index is 1.67. The molecular formula is C23H18N2O5S. The first-order chi connectivity index (χ1) is 14.9. The molecule has 1 heterocycles. The van der Waals surface area contributed by atoms with Gasteiger partial charge in [-0.15, -0.1) is 0 Å². The molecule has 31 heavy (non-hydrogen) atoms. The molecule has 0 bridgehead atoms. The van der Waals surface area contributed by atoms with E-state index >= 15 is 0 Å². The van der Waals surface area contributed by atoms with Gasteiger partial charge in [-0.1, -0.05) is 18.2 Å². The highest BCUT2D eigenvalue weighted by molar-refractivity contribution is 7.92. The number of carbonyl (C=O) groups excluding carboxylic acids is 1. The molecule has 7 nitrogen and oxygen atoms in total. The molecule has 0 atom stereocenters. The zero-order valence-corrected chi connectivity index (χ0v) is 17.4. The van der Waals surface area contributed by atoms with Gasteiger partial charge in [0, 0.05) is 6.54 Å². The van der Waals surface area contributed by atoms with Crippen LogP contribution in [0.25, 0.3) is 0 Å². The lowest BCUT2D eigenvalue weighted by atomic mass is 10.2. The first kappa shape index (κ1) is 20.4. The van der Waals surface area contributed by atoms with Gasteiger partial charge in [-0.3, -0.25) is 4.31 Å². The Hall–Kier alpha value is -3.83. The van der Waals surface area contributed by atoms with E-state index in [-0.39, 0.29) is 22.0 Å². The topological polar surface area (TPSA) is 96.7 Å². The number of benzene rings is 3. The maximum absolute atomic E-state index is 13.3. The molecule has 0 unspecified atom stereocenters. The van der Waals surface area contributed by atoms with Gasteiger partial charge in [0.1, 0.15) is 17.1 Å². The summed E-state index contributed by atoms with van der Waals surface area (Å²) < 4.78 is 38.5. The average molecular weight is 434 g/mol. The Morgan fingerprint density at radius 2 is 1.81 bits per heavy atom. The molecule has 3 aromatic carbocycles. The summed E-state index contributed by atoms with van der Waals surface area (Å²) in [5.74, 6) is -0.340. The van der Waals surface area contributed by atoms with Gasteiger partial charge in [0.2, 0.25) is 0 Å². The Bertz CT molecular complexity index is 1290. The van der Waals surface area contributed by atoms with Gasteiger partial charge in [-0.25, -0.2) is 13.2 Å². The summed E-state index contributed by atoms with van der Waals surface area (Å²) in [6.07, 6.45) is 0.624. The van der Waals surface area contributed by atoms with Crippen molar-refractivity contribution in [2.75, 3.05) is 18.0 Å². The summed E-state index contributed by atoms with van der Waals surface area (Å²) in [5, 5.41) is 8.88. The number of ether oxygens (including phenoxy) is 2. The Labute approximate surface area is 180 Å². The van der Waals surface area contributed by atoms with Gasteiger partial charge in [-0.2, -0.15) is 5.26 Å². The number of sulfonamides is 1. The highest BCUT2D eigenvalue weighted by Gasteiger charge is 2.31. The summed E-state index contributed by atoms with van der Waals surface area (Å²) in [6.45, 7) is 0.332. The molecule has 4 rings (SSSR count). The number of nitrogens with zero attached hydrogens (tertiary/aromatic N) is 2. The lowest BCUT2D eigenvalue weighted by Crippen LogP contribution is -2.29. The van der Waals surface area contributed by atoms with E-state index in [9.17, 15) is 13.2 Å². The van der Waals surface area contributed by atoms with Gasteiger partial charge in [0.15, 0.2) is 0 Å². The van der Waals surface area contributed by atoms with E-state index < -0.39 is 16.0 Å². The molecule has 0 saturated carbocycles. The maximum Gasteiger partial charge on any atom is 0.347 e. The standard InChI is InChI=1S/C23H18N2O5S/c1-29-22-11-10-19(31(27,28)25-13-12-17-4-2-3-5-21(17)25)14-20(22)23(26)30-18-8-6-16(15-24)7-9-18/h2-11,14H,12-13H2,1H3. The van der Waals surface area contributed by atoms with Crippen molar-refractivity contribution < 1.29 is 22.7 Å². The zero-order valence-electron chi connectivity index (χ0n) is 16.6. The summed E-state index contributed by atoms with van der Waals surface area (Å²) in [6, 6.07) is 19.5. The van der Waals surface area contributed by atoms with Crippen molar-refractivity contribution in [3.05, 3.63) is 83.4 Å². The average Bonchev–Trinajstić information content (AvgIpc) is 3.24. The molecule has 156 valence electrons. The number of hydrogen-bond donors (Lipinski definition) is 0. The lowest BCUT2D eigenvalue weighted by molar-refractivity contribution is 0.0731. The van der Waals surface area contributed by atoms with Crippen LogP contribution in [-0.4, -0.2) is 28.0 Å². The summed E-state index contributed by atoms with van der Waals surface area (Å²) in [7, 11) is -2.49. The SMILES string of the molecule is COc1ccc(S(=O)(=O)N2CCc3ccccc32)cc1C(=O)Oc1ccc(C#N)cc1. The molecule has 0 aromatic heterocycles. The largest absolute Gasteiger partial charge is 0.496 e. The molecule has 0 fully saturated rings. The first-order valence-electron chi connectivity index (χ1n) is 9.45. The Kier molecular flexibility index (Phi) is 5.36. The minimum absolute atomic E-state index is 0.0135. The number of nitriles is 1. The van der Waals surface area contributed by atoms with Gasteiger partial charge in [-0.05, 0) is 60.5 Å². The highest BCUT2D eigenvalue weighted by Crippen LogP contribution is 2.34. The second-order valence-electron chi connectivity index (χ2n) is 6.84. The van der Waals surface area contributed by atoms with Crippen molar-refractivity contribution in [1.82, 2.24) is 0 Å². The molecule has 0 saturated heterocycles. The maximum atomic E-state index is 13.3. The van der Waals surface area contributed by atoms with Crippen LogP contribution in [-0.2, 0) is 16.4 Å². The van der Waals surface area contributed by atoms with Crippen LogP contribution in [0, 0.1) is 11.3 Å². The highest BCUT2D eigenvalue weighted by atomic mass is 32.2. The van der Waals surface area contributed by atoms with Crippen molar-refractivity contribution in [2.45, 2.75) is 11.3 Å². The summed E-state index contributed by atoms with van der Waals surface area (Å²) >= 11 is 0. The number of esters is 1. The molecule has 8 heteroatoms. The van der Waals surface area contributed by atoms with Crippen LogP contribution in [0.15, 0.2) is 71.6 Å². The van der Waals surface area contributed by atoms with Crippen molar-refractivity contribution in [1.29, 1.82) is 5.26 Å². The van der Waals surface area contributed by atoms with Gasteiger partial charge in [0.05, 0.1) is 29.3 Å². The number of carbonyl (C=O) groups is 1. The fourth-order valence-corrected chi connectivity index (χ4v) is 4.98. The predicted molar refractivity (Wildman–Crippen MR) is 114 cm³/mol. The van der Waals surface area contributed by atoms with E-state index in [1.807, 2.05) is 18.2 Å². The van der Waals surface area contributed by atoms with Crippen LogP contribution in [0.2, 0.25) is 0 Å². The van der Waals surface area contributed by atoms with Gasteiger partial charge in [0.25, 0.3) is 10.0 Å². The molecular weight excluding hydrogens is 416 g/mol. The molecule has 0 radical (unpaired) electrons. The van der Waals surface area contributed by atoms with E-state index in [0.29, 0.717) is 24.2 Å². The summed E-state index contributed by atoms with van der Waals surface area (Å²) in [5.41, 5.74) is 2.01. The molecule has 0 amide bonds. The van der Waals surface area contributed by atoms with Crippen molar-refractivity contribution >= 4 is 21.7 Å². The van der Waals surface area contributed by atoms with Crippen molar-refractivity contribution in [3.8, 4) is 17.6 Å². The predicted octanol–water partition coefficient (Wildman–Crippen LogP) is 3.54. The second kappa shape index (κ2) is 8.13. The molecule has 0 N–H and O–H groups in total.